The van der Waals surface area contributed by atoms with Crippen molar-refractivity contribution in [3.8, 4) is 0 Å². The van der Waals surface area contributed by atoms with Crippen LogP contribution in [0.5, 0.6) is 0 Å². The molecule has 0 saturated heterocycles. The van der Waals surface area contributed by atoms with Gasteiger partial charge in [0.1, 0.15) is 10.8 Å². The van der Waals surface area contributed by atoms with E-state index in [-0.39, 0.29) is 11.7 Å². The van der Waals surface area contributed by atoms with Crippen LogP contribution in [0.4, 0.5) is 5.00 Å². The third kappa shape index (κ3) is 3.99. The van der Waals surface area contributed by atoms with Crippen LogP contribution in [0, 0.1) is 27.7 Å². The first-order chi connectivity index (χ1) is 11.3. The Morgan fingerprint density at radius 1 is 1.29 bits per heavy atom. The number of hydrogen-bond donors (Lipinski definition) is 1. The van der Waals surface area contributed by atoms with E-state index in [4.69, 9.17) is 9.26 Å². The Morgan fingerprint density at radius 2 is 2.00 bits per heavy atom. The van der Waals surface area contributed by atoms with E-state index in [2.05, 4.69) is 10.5 Å². The maximum absolute atomic E-state index is 12.2. The molecule has 0 aliphatic carbocycles. The summed E-state index contributed by atoms with van der Waals surface area (Å²) in [5.74, 6) is 1.12. The van der Waals surface area contributed by atoms with Gasteiger partial charge in [0, 0.05) is 16.2 Å². The van der Waals surface area contributed by atoms with E-state index in [1.165, 1.54) is 30.2 Å². The number of rotatable bonds is 6. The highest BCUT2D eigenvalue weighted by atomic mass is 32.2. The molecule has 2 heterocycles. The van der Waals surface area contributed by atoms with E-state index in [1.54, 1.807) is 0 Å². The molecule has 24 heavy (non-hydrogen) atoms. The number of amides is 1. The molecule has 8 heteroatoms. The predicted molar refractivity (Wildman–Crippen MR) is 95.9 cm³/mol. The van der Waals surface area contributed by atoms with Gasteiger partial charge in [0.25, 0.3) is 0 Å². The molecule has 2 aromatic heterocycles. The molecular weight excluding hydrogens is 348 g/mol. The smallest absolute Gasteiger partial charge is 0.341 e. The van der Waals surface area contributed by atoms with Gasteiger partial charge in [-0.05, 0) is 33.3 Å². The standard InChI is InChI=1S/C16H20N2O4S2/c1-8-11(4)24-15(14(8)16(20)21-5)17-13(19)7-23-6-12-9(2)18-22-10(12)3/h6-7H2,1-5H3,(H,17,19). The summed E-state index contributed by atoms with van der Waals surface area (Å²) < 4.78 is 9.91. The molecule has 2 rings (SSSR count). The summed E-state index contributed by atoms with van der Waals surface area (Å²) in [5, 5.41) is 7.25. The maximum atomic E-state index is 12.2. The highest BCUT2D eigenvalue weighted by Gasteiger charge is 2.21. The minimum atomic E-state index is -0.435. The monoisotopic (exact) mass is 368 g/mol. The molecule has 1 amide bonds. The van der Waals surface area contributed by atoms with Gasteiger partial charge in [-0.15, -0.1) is 23.1 Å². The number of thioether (sulfide) groups is 1. The van der Waals surface area contributed by atoms with Crippen molar-refractivity contribution in [2.75, 3.05) is 18.2 Å². The Hall–Kier alpha value is -1.80. The van der Waals surface area contributed by atoms with Crippen molar-refractivity contribution >= 4 is 40.0 Å². The van der Waals surface area contributed by atoms with Gasteiger partial charge in [0.2, 0.25) is 5.91 Å². The number of aromatic nitrogens is 1. The average Bonchev–Trinajstić information content (AvgIpc) is 3.00. The van der Waals surface area contributed by atoms with Crippen LogP contribution in [0.15, 0.2) is 4.52 Å². The number of esters is 1. The first-order valence-electron chi connectivity index (χ1n) is 7.32. The van der Waals surface area contributed by atoms with E-state index >= 15 is 0 Å². The van der Waals surface area contributed by atoms with Crippen molar-refractivity contribution in [2.24, 2.45) is 0 Å². The quantitative estimate of drug-likeness (QED) is 0.784. The fourth-order valence-electron chi connectivity index (χ4n) is 2.18. The van der Waals surface area contributed by atoms with Gasteiger partial charge in [-0.1, -0.05) is 5.16 Å². The molecule has 0 aliphatic rings. The largest absolute Gasteiger partial charge is 0.465 e. The third-order valence-corrected chi connectivity index (χ3v) is 5.77. The SMILES string of the molecule is COC(=O)c1c(NC(=O)CSCc2c(C)noc2C)sc(C)c1C. The molecule has 1 N–H and O–H groups in total. The van der Waals surface area contributed by atoms with E-state index in [1.807, 2.05) is 27.7 Å². The molecule has 0 atom stereocenters. The number of ether oxygens (including phenoxy) is 1. The summed E-state index contributed by atoms with van der Waals surface area (Å²) in [6.45, 7) is 7.50. The van der Waals surface area contributed by atoms with Crippen LogP contribution in [-0.4, -0.2) is 29.9 Å². The van der Waals surface area contributed by atoms with Crippen LogP contribution >= 0.6 is 23.1 Å². The van der Waals surface area contributed by atoms with Crippen molar-refractivity contribution in [1.82, 2.24) is 5.16 Å². The van der Waals surface area contributed by atoms with Crippen LogP contribution in [0.1, 0.15) is 37.8 Å². The summed E-state index contributed by atoms with van der Waals surface area (Å²) >= 11 is 2.86. The summed E-state index contributed by atoms with van der Waals surface area (Å²) in [4.78, 5) is 25.1. The number of thiophene rings is 1. The first kappa shape index (κ1) is 18.5. The van der Waals surface area contributed by atoms with E-state index in [0.717, 1.165) is 27.5 Å². The van der Waals surface area contributed by atoms with Crippen LogP contribution in [0.3, 0.4) is 0 Å². The third-order valence-electron chi connectivity index (χ3n) is 3.69. The maximum Gasteiger partial charge on any atom is 0.341 e. The minimum absolute atomic E-state index is 0.154. The van der Waals surface area contributed by atoms with Crippen LogP contribution in [0.2, 0.25) is 0 Å². The summed E-state index contributed by atoms with van der Waals surface area (Å²) in [6.07, 6.45) is 0. The van der Waals surface area contributed by atoms with Gasteiger partial charge < -0.3 is 14.6 Å². The summed E-state index contributed by atoms with van der Waals surface area (Å²) in [5.41, 5.74) is 3.14. The molecule has 2 aromatic rings. The van der Waals surface area contributed by atoms with Crippen molar-refractivity contribution in [1.29, 1.82) is 0 Å². The zero-order valence-corrected chi connectivity index (χ0v) is 15.9. The second kappa shape index (κ2) is 7.85. The lowest BCUT2D eigenvalue weighted by Gasteiger charge is -2.06. The number of nitrogens with zero attached hydrogens (tertiary/aromatic N) is 1. The molecular formula is C16H20N2O4S2. The van der Waals surface area contributed by atoms with Crippen molar-refractivity contribution in [3.05, 3.63) is 33.0 Å². The Labute approximate surface area is 148 Å². The fraction of sp³-hybridized carbons (Fsp3) is 0.438. The zero-order valence-electron chi connectivity index (χ0n) is 14.3. The molecule has 0 aliphatic heterocycles. The lowest BCUT2D eigenvalue weighted by atomic mass is 10.1. The Kier molecular flexibility index (Phi) is 6.06. The predicted octanol–water partition coefficient (Wildman–Crippen LogP) is 3.63. The number of anilines is 1. The Balaban J connectivity index is 1.98. The number of methoxy groups -OCH3 is 1. The molecule has 0 radical (unpaired) electrons. The van der Waals surface area contributed by atoms with Gasteiger partial charge in [0.15, 0.2) is 0 Å². The van der Waals surface area contributed by atoms with E-state index < -0.39 is 5.97 Å². The lowest BCUT2D eigenvalue weighted by molar-refractivity contribution is -0.113. The molecule has 0 fully saturated rings. The Morgan fingerprint density at radius 3 is 2.58 bits per heavy atom. The summed E-state index contributed by atoms with van der Waals surface area (Å²) in [7, 11) is 1.33. The topological polar surface area (TPSA) is 81.4 Å². The Bertz CT molecular complexity index is 745. The van der Waals surface area contributed by atoms with E-state index in [0.29, 0.717) is 16.3 Å². The van der Waals surface area contributed by atoms with E-state index in [9.17, 15) is 9.59 Å². The number of carbonyl (C=O) groups excluding carboxylic acids is 2. The number of hydrogen-bond acceptors (Lipinski definition) is 7. The number of carbonyl (C=O) groups is 2. The van der Waals surface area contributed by atoms with Gasteiger partial charge in [-0.25, -0.2) is 4.79 Å². The minimum Gasteiger partial charge on any atom is -0.465 e. The van der Waals surface area contributed by atoms with Crippen molar-refractivity contribution < 1.29 is 18.8 Å². The highest BCUT2D eigenvalue weighted by molar-refractivity contribution is 7.99. The normalized spacial score (nSPS) is 10.7. The van der Waals surface area contributed by atoms with Gasteiger partial charge in [0.05, 0.1) is 24.1 Å². The van der Waals surface area contributed by atoms with Crippen LogP contribution in [-0.2, 0) is 15.3 Å². The lowest BCUT2D eigenvalue weighted by Crippen LogP contribution is -2.16. The average molecular weight is 368 g/mol. The summed E-state index contributed by atoms with van der Waals surface area (Å²) in [6, 6.07) is 0. The van der Waals surface area contributed by atoms with Crippen LogP contribution < -0.4 is 5.32 Å². The van der Waals surface area contributed by atoms with Crippen molar-refractivity contribution in [2.45, 2.75) is 33.4 Å². The van der Waals surface area contributed by atoms with Crippen LogP contribution in [0.25, 0.3) is 0 Å². The molecule has 0 saturated carbocycles. The second-order valence-corrected chi connectivity index (χ2v) is 7.53. The fourth-order valence-corrected chi connectivity index (χ4v) is 4.22. The van der Waals surface area contributed by atoms with Gasteiger partial charge >= 0.3 is 5.97 Å². The number of nitrogens with one attached hydrogen (secondary N) is 1. The molecule has 6 nitrogen and oxygen atoms in total. The molecule has 0 bridgehead atoms. The highest BCUT2D eigenvalue weighted by Crippen LogP contribution is 2.33. The first-order valence-corrected chi connectivity index (χ1v) is 9.29. The second-order valence-electron chi connectivity index (χ2n) is 5.32. The molecule has 0 aromatic carbocycles. The zero-order chi connectivity index (χ0) is 17.9. The molecule has 0 unspecified atom stereocenters. The van der Waals surface area contributed by atoms with Crippen molar-refractivity contribution in [3.63, 3.8) is 0 Å². The van der Waals surface area contributed by atoms with Gasteiger partial charge in [-0.3, -0.25) is 4.79 Å². The van der Waals surface area contributed by atoms with Gasteiger partial charge in [-0.2, -0.15) is 0 Å². The number of aryl methyl sites for hydroxylation is 3. The molecule has 0 spiro atoms. The molecule has 130 valence electrons.